The van der Waals surface area contributed by atoms with Gasteiger partial charge in [-0.1, -0.05) is 0 Å². The first-order valence-corrected chi connectivity index (χ1v) is 8.90. The zero-order valence-electron chi connectivity index (χ0n) is 14.2. The van der Waals surface area contributed by atoms with Crippen LogP contribution in [0.25, 0.3) is 0 Å². The van der Waals surface area contributed by atoms with E-state index in [0.717, 1.165) is 41.1 Å². The number of aryl methyl sites for hydroxylation is 2. The highest BCUT2D eigenvalue weighted by atomic mass is 32.1. The highest BCUT2D eigenvalue weighted by Crippen LogP contribution is 2.27. The first-order chi connectivity index (χ1) is 11.5. The van der Waals surface area contributed by atoms with Gasteiger partial charge in [0.15, 0.2) is 5.13 Å². The third-order valence-corrected chi connectivity index (χ3v) is 4.84. The van der Waals surface area contributed by atoms with Gasteiger partial charge in [-0.15, -0.1) is 11.3 Å². The van der Waals surface area contributed by atoms with Crippen molar-refractivity contribution in [3.05, 3.63) is 28.7 Å². The number of nitrogens with one attached hydrogen (secondary N) is 2. The molecular weight excluding hydrogens is 324 g/mol. The third-order valence-electron chi connectivity index (χ3n) is 3.96. The van der Waals surface area contributed by atoms with Crippen LogP contribution in [0.5, 0.6) is 0 Å². The molecule has 1 amide bonds. The van der Waals surface area contributed by atoms with Crippen molar-refractivity contribution in [2.45, 2.75) is 26.2 Å². The standard InChI is InChI=1S/C16H22N6OS/c1-10-6-13(21-16-19-11(2)9-24-16)20-15(18-10)12-4-5-22(8-12)14(23)7-17-3/h6,9,12,17H,4-5,7-8H2,1-3H3,(H,18,19,20,21)/t12-/m0/s1. The molecular formula is C16H22N6OS. The Bertz CT molecular complexity index is 731. The number of aromatic nitrogens is 3. The van der Waals surface area contributed by atoms with Crippen LogP contribution in [0.1, 0.15) is 29.6 Å². The Labute approximate surface area is 145 Å². The van der Waals surface area contributed by atoms with Crippen molar-refractivity contribution in [3.8, 4) is 0 Å². The molecule has 2 aromatic heterocycles. The summed E-state index contributed by atoms with van der Waals surface area (Å²) in [5.74, 6) is 1.87. The number of carbonyl (C=O) groups is 1. The van der Waals surface area contributed by atoms with E-state index in [1.165, 1.54) is 0 Å². The zero-order valence-corrected chi connectivity index (χ0v) is 15.0. The van der Waals surface area contributed by atoms with Gasteiger partial charge in [0.25, 0.3) is 0 Å². The van der Waals surface area contributed by atoms with Gasteiger partial charge in [0.05, 0.1) is 12.2 Å². The number of hydrogen-bond acceptors (Lipinski definition) is 7. The number of likely N-dealkylation sites (N-methyl/N-ethyl adjacent to an activating group) is 1. The SMILES string of the molecule is CNCC(=O)N1CC[C@H](c2nc(C)cc(Nc3nc(C)cs3)n2)C1. The molecule has 0 aromatic carbocycles. The molecule has 3 rings (SSSR count). The summed E-state index contributed by atoms with van der Waals surface area (Å²) in [6, 6.07) is 1.92. The van der Waals surface area contributed by atoms with Gasteiger partial charge in [0, 0.05) is 36.1 Å². The lowest BCUT2D eigenvalue weighted by atomic mass is 10.1. The first kappa shape index (κ1) is 16.8. The minimum absolute atomic E-state index is 0.129. The summed E-state index contributed by atoms with van der Waals surface area (Å²) in [6.07, 6.45) is 0.898. The van der Waals surface area contributed by atoms with Gasteiger partial charge in [0.1, 0.15) is 11.6 Å². The Morgan fingerprint density at radius 1 is 1.33 bits per heavy atom. The lowest BCUT2D eigenvalue weighted by molar-refractivity contribution is -0.129. The molecule has 0 radical (unpaired) electrons. The normalized spacial score (nSPS) is 17.3. The van der Waals surface area contributed by atoms with Gasteiger partial charge in [-0.3, -0.25) is 4.79 Å². The van der Waals surface area contributed by atoms with E-state index in [0.29, 0.717) is 13.1 Å². The van der Waals surface area contributed by atoms with Gasteiger partial charge in [0.2, 0.25) is 5.91 Å². The smallest absolute Gasteiger partial charge is 0.236 e. The zero-order chi connectivity index (χ0) is 17.1. The van der Waals surface area contributed by atoms with Crippen molar-refractivity contribution in [2.75, 3.05) is 32.0 Å². The van der Waals surface area contributed by atoms with Gasteiger partial charge >= 0.3 is 0 Å². The minimum atomic E-state index is 0.129. The summed E-state index contributed by atoms with van der Waals surface area (Å²) in [4.78, 5) is 27.5. The van der Waals surface area contributed by atoms with Gasteiger partial charge in [-0.25, -0.2) is 15.0 Å². The number of thiazole rings is 1. The Morgan fingerprint density at radius 2 is 2.17 bits per heavy atom. The number of nitrogens with zero attached hydrogens (tertiary/aromatic N) is 4. The minimum Gasteiger partial charge on any atom is -0.341 e. The van der Waals surface area contributed by atoms with E-state index in [-0.39, 0.29) is 11.8 Å². The quantitative estimate of drug-likeness (QED) is 0.859. The molecule has 0 saturated carbocycles. The fourth-order valence-corrected chi connectivity index (χ4v) is 3.51. The van der Waals surface area contributed by atoms with Crippen LogP contribution in [0.3, 0.4) is 0 Å². The molecule has 2 N–H and O–H groups in total. The topological polar surface area (TPSA) is 83.0 Å². The Hall–Kier alpha value is -2.06. The van der Waals surface area contributed by atoms with E-state index < -0.39 is 0 Å². The van der Waals surface area contributed by atoms with Crippen LogP contribution in [0.2, 0.25) is 0 Å². The van der Waals surface area contributed by atoms with E-state index in [9.17, 15) is 4.79 Å². The summed E-state index contributed by atoms with van der Waals surface area (Å²) in [5.41, 5.74) is 1.90. The van der Waals surface area contributed by atoms with Crippen LogP contribution in [0.15, 0.2) is 11.4 Å². The van der Waals surface area contributed by atoms with Crippen molar-refractivity contribution in [1.29, 1.82) is 0 Å². The molecule has 24 heavy (non-hydrogen) atoms. The predicted molar refractivity (Wildman–Crippen MR) is 94.8 cm³/mol. The molecule has 0 spiro atoms. The molecule has 2 aromatic rings. The molecule has 0 aliphatic carbocycles. The fourth-order valence-electron chi connectivity index (χ4n) is 2.82. The van der Waals surface area contributed by atoms with E-state index >= 15 is 0 Å². The van der Waals surface area contributed by atoms with E-state index in [4.69, 9.17) is 0 Å². The highest BCUT2D eigenvalue weighted by Gasteiger charge is 2.29. The number of rotatable bonds is 5. The lowest BCUT2D eigenvalue weighted by Gasteiger charge is -2.16. The summed E-state index contributed by atoms with van der Waals surface area (Å²) in [6.45, 7) is 5.74. The summed E-state index contributed by atoms with van der Waals surface area (Å²) in [7, 11) is 1.79. The number of amides is 1. The largest absolute Gasteiger partial charge is 0.341 e. The number of anilines is 2. The second-order valence-corrected chi connectivity index (χ2v) is 6.89. The Morgan fingerprint density at radius 3 is 2.88 bits per heavy atom. The van der Waals surface area contributed by atoms with Gasteiger partial charge < -0.3 is 15.5 Å². The molecule has 3 heterocycles. The maximum atomic E-state index is 12.0. The monoisotopic (exact) mass is 346 g/mol. The molecule has 0 unspecified atom stereocenters. The molecule has 1 saturated heterocycles. The average molecular weight is 346 g/mol. The van der Waals surface area contributed by atoms with Crippen molar-refractivity contribution in [1.82, 2.24) is 25.2 Å². The number of likely N-dealkylation sites (tertiary alicyclic amines) is 1. The first-order valence-electron chi connectivity index (χ1n) is 8.02. The summed E-state index contributed by atoms with van der Waals surface area (Å²) in [5, 5.41) is 8.98. The second kappa shape index (κ2) is 7.23. The molecule has 1 fully saturated rings. The highest BCUT2D eigenvalue weighted by molar-refractivity contribution is 7.13. The molecule has 1 aliphatic rings. The molecule has 8 heteroatoms. The van der Waals surface area contributed by atoms with Crippen molar-refractivity contribution in [2.24, 2.45) is 0 Å². The molecule has 1 aliphatic heterocycles. The third kappa shape index (κ3) is 3.88. The summed E-state index contributed by atoms with van der Waals surface area (Å²) >= 11 is 1.56. The average Bonchev–Trinajstić information content (AvgIpc) is 3.16. The second-order valence-electron chi connectivity index (χ2n) is 6.03. The van der Waals surface area contributed by atoms with Gasteiger partial charge in [-0.05, 0) is 27.3 Å². The predicted octanol–water partition coefficient (Wildman–Crippen LogP) is 1.83. The number of hydrogen-bond donors (Lipinski definition) is 2. The van der Waals surface area contributed by atoms with E-state index in [1.54, 1.807) is 18.4 Å². The maximum absolute atomic E-state index is 12.0. The van der Waals surface area contributed by atoms with E-state index in [2.05, 4.69) is 25.6 Å². The molecule has 128 valence electrons. The molecule has 1 atom stereocenters. The van der Waals surface area contributed by atoms with E-state index in [1.807, 2.05) is 30.2 Å². The van der Waals surface area contributed by atoms with Crippen LogP contribution < -0.4 is 10.6 Å². The lowest BCUT2D eigenvalue weighted by Crippen LogP contribution is -2.35. The van der Waals surface area contributed by atoms with Crippen LogP contribution in [0, 0.1) is 13.8 Å². The van der Waals surface area contributed by atoms with Crippen molar-refractivity contribution < 1.29 is 4.79 Å². The van der Waals surface area contributed by atoms with Crippen molar-refractivity contribution in [3.63, 3.8) is 0 Å². The van der Waals surface area contributed by atoms with Crippen LogP contribution >= 0.6 is 11.3 Å². The molecule has 0 bridgehead atoms. The maximum Gasteiger partial charge on any atom is 0.236 e. The number of carbonyl (C=O) groups excluding carboxylic acids is 1. The van der Waals surface area contributed by atoms with Crippen LogP contribution in [0.4, 0.5) is 10.9 Å². The van der Waals surface area contributed by atoms with Gasteiger partial charge in [-0.2, -0.15) is 0 Å². The molecule has 7 nitrogen and oxygen atoms in total. The van der Waals surface area contributed by atoms with Crippen LogP contribution in [-0.4, -0.2) is 52.4 Å². The summed E-state index contributed by atoms with van der Waals surface area (Å²) < 4.78 is 0. The van der Waals surface area contributed by atoms with Crippen LogP contribution in [-0.2, 0) is 4.79 Å². The van der Waals surface area contributed by atoms with Crippen molar-refractivity contribution >= 4 is 28.2 Å². The Kier molecular flexibility index (Phi) is 5.06. The fraction of sp³-hybridized carbons (Fsp3) is 0.500. The Balaban J connectivity index is 1.73.